The zero-order valence-electron chi connectivity index (χ0n) is 14.2. The van der Waals surface area contributed by atoms with Crippen LogP contribution in [0.1, 0.15) is 54.1 Å². The molecule has 0 saturated carbocycles. The highest BCUT2D eigenvalue weighted by atomic mass is 32.2. The van der Waals surface area contributed by atoms with Crippen molar-refractivity contribution < 1.29 is 13.2 Å². The molecule has 132 valence electrons. The Labute approximate surface area is 143 Å². The van der Waals surface area contributed by atoms with Gasteiger partial charge in [0, 0.05) is 18.0 Å². The predicted molar refractivity (Wildman–Crippen MR) is 96.5 cm³/mol. The molecule has 0 fully saturated rings. The first-order chi connectivity index (χ1) is 10.9. The van der Waals surface area contributed by atoms with Crippen LogP contribution in [-0.4, -0.2) is 33.7 Å². The normalized spacial score (nSPS) is 13.0. The number of carbonyl (C=O) groups excluding carboxylic acids is 1. The van der Waals surface area contributed by atoms with Gasteiger partial charge in [0.25, 0.3) is 5.91 Å². The van der Waals surface area contributed by atoms with Crippen LogP contribution in [0.3, 0.4) is 0 Å². The fourth-order valence-corrected chi connectivity index (χ4v) is 3.66. The molecule has 1 atom stereocenters. The summed E-state index contributed by atoms with van der Waals surface area (Å²) in [7, 11) is -3.16. The maximum Gasteiger partial charge on any atom is 0.261 e. The number of amides is 1. The number of rotatable bonds is 11. The second-order valence-electron chi connectivity index (χ2n) is 5.81. The Morgan fingerprint density at radius 3 is 2.65 bits per heavy atom. The maximum absolute atomic E-state index is 12.2. The summed E-state index contributed by atoms with van der Waals surface area (Å²) in [4.78, 5) is 13.9. The first-order valence-electron chi connectivity index (χ1n) is 8.17. The largest absolute Gasteiger partial charge is 0.351 e. The SMILES string of the molecule is CCCCC(CC)CNC(=O)c1ccc(CCNS(C)(=O)=O)s1. The van der Waals surface area contributed by atoms with Gasteiger partial charge in [-0.2, -0.15) is 0 Å². The second kappa shape index (κ2) is 10.1. The molecule has 1 unspecified atom stereocenters. The molecular formula is C16H28N2O3S2. The summed E-state index contributed by atoms with van der Waals surface area (Å²) in [5, 5.41) is 3.01. The van der Waals surface area contributed by atoms with Gasteiger partial charge in [0.1, 0.15) is 0 Å². The highest BCUT2D eigenvalue weighted by Crippen LogP contribution is 2.17. The topological polar surface area (TPSA) is 75.3 Å². The molecule has 1 rings (SSSR count). The fourth-order valence-electron chi connectivity index (χ4n) is 2.26. The summed E-state index contributed by atoms with van der Waals surface area (Å²) in [5.41, 5.74) is 0. The van der Waals surface area contributed by atoms with E-state index in [0.29, 0.717) is 23.8 Å². The summed E-state index contributed by atoms with van der Waals surface area (Å²) in [6.07, 6.45) is 6.35. The summed E-state index contributed by atoms with van der Waals surface area (Å²) in [5.74, 6) is 0.504. The van der Waals surface area contributed by atoms with Gasteiger partial charge in [-0.1, -0.05) is 33.1 Å². The number of hydrogen-bond acceptors (Lipinski definition) is 4. The Bertz CT molecular complexity index is 582. The Hall–Kier alpha value is -0.920. The lowest BCUT2D eigenvalue weighted by Gasteiger charge is -2.14. The summed E-state index contributed by atoms with van der Waals surface area (Å²) in [6, 6.07) is 3.70. The van der Waals surface area contributed by atoms with Gasteiger partial charge in [-0.15, -0.1) is 11.3 Å². The molecule has 0 aliphatic rings. The zero-order chi connectivity index (χ0) is 17.3. The number of thiophene rings is 1. The van der Waals surface area contributed by atoms with Crippen LogP contribution in [-0.2, 0) is 16.4 Å². The van der Waals surface area contributed by atoms with Crippen molar-refractivity contribution in [1.82, 2.24) is 10.0 Å². The van der Waals surface area contributed by atoms with Crippen molar-refractivity contribution in [3.8, 4) is 0 Å². The summed E-state index contributed by atoms with van der Waals surface area (Å²) in [6.45, 7) is 5.41. The molecule has 0 saturated heterocycles. The van der Waals surface area contributed by atoms with Crippen LogP contribution < -0.4 is 10.0 Å². The van der Waals surface area contributed by atoms with E-state index in [-0.39, 0.29) is 5.91 Å². The Balaban J connectivity index is 2.42. The molecular weight excluding hydrogens is 332 g/mol. The van der Waals surface area contributed by atoms with Gasteiger partial charge in [-0.25, -0.2) is 13.1 Å². The first kappa shape index (κ1) is 20.1. The minimum absolute atomic E-state index is 0.0349. The molecule has 1 amide bonds. The van der Waals surface area contributed by atoms with Gasteiger partial charge in [-0.05, 0) is 30.9 Å². The van der Waals surface area contributed by atoms with E-state index in [1.807, 2.05) is 12.1 Å². The smallest absolute Gasteiger partial charge is 0.261 e. The minimum atomic E-state index is -3.16. The van der Waals surface area contributed by atoms with Crippen LogP contribution in [0.25, 0.3) is 0 Å². The molecule has 23 heavy (non-hydrogen) atoms. The van der Waals surface area contributed by atoms with E-state index in [0.717, 1.165) is 30.5 Å². The molecule has 0 bridgehead atoms. The van der Waals surface area contributed by atoms with E-state index in [2.05, 4.69) is 23.9 Å². The number of nitrogens with one attached hydrogen (secondary N) is 2. The van der Waals surface area contributed by atoms with E-state index >= 15 is 0 Å². The van der Waals surface area contributed by atoms with Crippen molar-refractivity contribution in [2.24, 2.45) is 5.92 Å². The average Bonchev–Trinajstić information content (AvgIpc) is 2.95. The third kappa shape index (κ3) is 8.48. The minimum Gasteiger partial charge on any atom is -0.351 e. The zero-order valence-corrected chi connectivity index (χ0v) is 15.9. The van der Waals surface area contributed by atoms with Crippen LogP contribution in [0.2, 0.25) is 0 Å². The molecule has 5 nitrogen and oxygen atoms in total. The van der Waals surface area contributed by atoms with Crippen LogP contribution >= 0.6 is 11.3 Å². The fraction of sp³-hybridized carbons (Fsp3) is 0.688. The van der Waals surface area contributed by atoms with Crippen molar-refractivity contribution in [3.05, 3.63) is 21.9 Å². The van der Waals surface area contributed by atoms with Gasteiger partial charge in [0.15, 0.2) is 0 Å². The van der Waals surface area contributed by atoms with Crippen molar-refractivity contribution in [2.45, 2.75) is 46.0 Å². The van der Waals surface area contributed by atoms with Crippen molar-refractivity contribution in [1.29, 1.82) is 0 Å². The van der Waals surface area contributed by atoms with Gasteiger partial charge in [0.05, 0.1) is 11.1 Å². The average molecular weight is 361 g/mol. The Morgan fingerprint density at radius 1 is 1.30 bits per heavy atom. The molecule has 0 spiro atoms. The quantitative estimate of drug-likeness (QED) is 0.637. The molecule has 0 aliphatic heterocycles. The molecule has 2 N–H and O–H groups in total. The van der Waals surface area contributed by atoms with Crippen LogP contribution in [0.5, 0.6) is 0 Å². The number of hydrogen-bond donors (Lipinski definition) is 2. The van der Waals surface area contributed by atoms with Crippen molar-refractivity contribution in [2.75, 3.05) is 19.3 Å². The highest BCUT2D eigenvalue weighted by Gasteiger charge is 2.12. The van der Waals surface area contributed by atoms with E-state index in [4.69, 9.17) is 0 Å². The Kier molecular flexibility index (Phi) is 8.79. The van der Waals surface area contributed by atoms with Crippen LogP contribution in [0.15, 0.2) is 12.1 Å². The third-order valence-electron chi connectivity index (χ3n) is 3.72. The third-order valence-corrected chi connectivity index (χ3v) is 5.59. The van der Waals surface area contributed by atoms with Crippen LogP contribution in [0, 0.1) is 5.92 Å². The molecule has 1 heterocycles. The lowest BCUT2D eigenvalue weighted by molar-refractivity contribution is 0.0950. The van der Waals surface area contributed by atoms with Crippen molar-refractivity contribution in [3.63, 3.8) is 0 Å². The number of unbranched alkanes of at least 4 members (excludes halogenated alkanes) is 1. The van der Waals surface area contributed by atoms with Crippen molar-refractivity contribution >= 4 is 27.3 Å². The lowest BCUT2D eigenvalue weighted by Crippen LogP contribution is -2.28. The number of carbonyl (C=O) groups is 1. The lowest BCUT2D eigenvalue weighted by atomic mass is 9.99. The standard InChI is InChI=1S/C16H28N2O3S2/c1-4-6-7-13(5-2)12-17-16(19)15-9-8-14(22-15)10-11-18-23(3,20)21/h8-9,13,18H,4-7,10-12H2,1-3H3,(H,17,19). The van der Waals surface area contributed by atoms with Gasteiger partial charge >= 0.3 is 0 Å². The van der Waals surface area contributed by atoms with E-state index in [1.165, 1.54) is 24.2 Å². The molecule has 0 aromatic carbocycles. The highest BCUT2D eigenvalue weighted by molar-refractivity contribution is 7.88. The van der Waals surface area contributed by atoms with E-state index in [9.17, 15) is 13.2 Å². The molecule has 1 aromatic rings. The summed E-state index contributed by atoms with van der Waals surface area (Å²) >= 11 is 1.42. The monoisotopic (exact) mass is 360 g/mol. The molecule has 7 heteroatoms. The van der Waals surface area contributed by atoms with Gasteiger partial charge in [0.2, 0.25) is 10.0 Å². The van der Waals surface area contributed by atoms with Gasteiger partial charge < -0.3 is 5.32 Å². The first-order valence-corrected chi connectivity index (χ1v) is 10.9. The molecule has 0 aliphatic carbocycles. The maximum atomic E-state index is 12.2. The predicted octanol–water partition coefficient (Wildman–Crippen LogP) is 2.79. The van der Waals surface area contributed by atoms with E-state index in [1.54, 1.807) is 0 Å². The molecule has 1 aromatic heterocycles. The van der Waals surface area contributed by atoms with Gasteiger partial charge in [-0.3, -0.25) is 4.79 Å². The number of sulfonamides is 1. The summed E-state index contributed by atoms with van der Waals surface area (Å²) < 4.78 is 24.5. The second-order valence-corrected chi connectivity index (χ2v) is 8.81. The molecule has 0 radical (unpaired) electrons. The van der Waals surface area contributed by atoms with E-state index < -0.39 is 10.0 Å². The van der Waals surface area contributed by atoms with Crippen LogP contribution in [0.4, 0.5) is 0 Å². The Morgan fingerprint density at radius 2 is 2.04 bits per heavy atom.